The molecular weight excluding hydrogens is 388 g/mol. The quantitative estimate of drug-likeness (QED) is 0.509. The second-order valence-corrected chi connectivity index (χ2v) is 8.93. The number of likely N-dealkylation sites (tertiary alicyclic amines) is 1. The summed E-state index contributed by atoms with van der Waals surface area (Å²) in [4.78, 5) is 18.7. The minimum absolute atomic E-state index is 0.173. The third-order valence-electron chi connectivity index (χ3n) is 6.64. The van der Waals surface area contributed by atoms with E-state index < -0.39 is 0 Å². The molecule has 0 spiro atoms. The number of hydrazone groups is 1. The van der Waals surface area contributed by atoms with E-state index in [9.17, 15) is 4.79 Å². The number of H-pyrrole nitrogens is 1. The molecule has 31 heavy (non-hydrogen) atoms. The van der Waals surface area contributed by atoms with Gasteiger partial charge in [0.1, 0.15) is 5.71 Å². The zero-order valence-electron chi connectivity index (χ0n) is 18.2. The van der Waals surface area contributed by atoms with E-state index in [1.807, 2.05) is 12.1 Å². The van der Waals surface area contributed by atoms with Gasteiger partial charge in [-0.05, 0) is 101 Å². The van der Waals surface area contributed by atoms with Crippen molar-refractivity contribution in [2.45, 2.75) is 57.8 Å². The second kappa shape index (κ2) is 8.75. The van der Waals surface area contributed by atoms with Crippen LogP contribution in [0.15, 0.2) is 29.1 Å². The van der Waals surface area contributed by atoms with Crippen molar-refractivity contribution in [2.75, 3.05) is 19.6 Å². The van der Waals surface area contributed by atoms with Gasteiger partial charge in [0.15, 0.2) is 0 Å². The summed E-state index contributed by atoms with van der Waals surface area (Å²) in [5.41, 5.74) is 9.77. The molecule has 2 aromatic rings. The molecule has 162 valence electrons. The fraction of sp³-hybridized carbons (Fsp3) is 0.500. The molecule has 0 bridgehead atoms. The third-order valence-corrected chi connectivity index (χ3v) is 6.64. The van der Waals surface area contributed by atoms with Crippen LogP contribution in [0.3, 0.4) is 0 Å². The molecular formula is C24H30N6O. The maximum atomic E-state index is 12.5. The van der Waals surface area contributed by atoms with E-state index in [-0.39, 0.29) is 5.91 Å². The number of rotatable bonds is 8. The molecule has 2 aliphatic heterocycles. The summed E-state index contributed by atoms with van der Waals surface area (Å²) >= 11 is 0. The number of aryl methyl sites for hydroxylation is 1. The highest BCUT2D eigenvalue weighted by molar-refractivity contribution is 6.33. The van der Waals surface area contributed by atoms with E-state index in [0.717, 1.165) is 17.7 Å². The van der Waals surface area contributed by atoms with Gasteiger partial charge in [-0.3, -0.25) is 4.79 Å². The van der Waals surface area contributed by atoms with Crippen molar-refractivity contribution in [3.63, 3.8) is 0 Å². The van der Waals surface area contributed by atoms with Gasteiger partial charge in [-0.1, -0.05) is 0 Å². The highest BCUT2D eigenvalue weighted by Gasteiger charge is 2.32. The van der Waals surface area contributed by atoms with Crippen LogP contribution < -0.4 is 5.43 Å². The van der Waals surface area contributed by atoms with Crippen LogP contribution >= 0.6 is 0 Å². The number of hydrogen-bond acceptors (Lipinski definition) is 5. The van der Waals surface area contributed by atoms with E-state index in [4.69, 9.17) is 0 Å². The Bertz CT molecular complexity index is 1010. The van der Waals surface area contributed by atoms with Crippen LogP contribution in [-0.4, -0.2) is 51.3 Å². The number of nitrogens with zero attached hydrogens (tertiary/aromatic N) is 4. The van der Waals surface area contributed by atoms with Crippen LogP contribution in [0.25, 0.3) is 6.08 Å². The standard InChI is InChI=1S/C24H30N6O/c1-16-19(6-2-3-11-30-12-4-5-13-30)22(17-7-8-17)21(27-16)14-20-23(28-29-24(20)31)18-9-10-25-26-15-18/h9-10,14-15,17,27H,2-8,11-13H2,1H3,(H,29,31)/b20-14+. The Balaban J connectivity index is 1.37. The van der Waals surface area contributed by atoms with Crippen LogP contribution in [-0.2, 0) is 11.2 Å². The Morgan fingerprint density at radius 1 is 1.19 bits per heavy atom. The van der Waals surface area contributed by atoms with Crippen molar-refractivity contribution in [2.24, 2.45) is 5.10 Å². The molecule has 1 amide bonds. The molecule has 0 aromatic carbocycles. The molecule has 1 saturated carbocycles. The lowest BCUT2D eigenvalue weighted by Gasteiger charge is -2.14. The van der Waals surface area contributed by atoms with Crippen molar-refractivity contribution in [1.29, 1.82) is 0 Å². The molecule has 0 unspecified atom stereocenters. The lowest BCUT2D eigenvalue weighted by molar-refractivity contribution is -0.116. The van der Waals surface area contributed by atoms with E-state index >= 15 is 0 Å². The highest BCUT2D eigenvalue weighted by Crippen LogP contribution is 2.45. The Morgan fingerprint density at radius 3 is 2.77 bits per heavy atom. The number of aromatic nitrogens is 3. The van der Waals surface area contributed by atoms with Crippen LogP contribution in [0.5, 0.6) is 0 Å². The fourth-order valence-corrected chi connectivity index (χ4v) is 4.89. The maximum absolute atomic E-state index is 12.5. The average molecular weight is 419 g/mol. The van der Waals surface area contributed by atoms with Gasteiger partial charge in [0.05, 0.1) is 18.0 Å². The lowest BCUT2D eigenvalue weighted by Crippen LogP contribution is -2.20. The molecule has 2 N–H and O–H groups in total. The predicted octanol–water partition coefficient (Wildman–Crippen LogP) is 3.33. The molecule has 5 rings (SSSR count). The summed E-state index contributed by atoms with van der Waals surface area (Å²) in [7, 11) is 0. The van der Waals surface area contributed by atoms with Crippen LogP contribution in [0, 0.1) is 6.92 Å². The third kappa shape index (κ3) is 4.32. The summed E-state index contributed by atoms with van der Waals surface area (Å²) < 4.78 is 0. The zero-order valence-corrected chi connectivity index (χ0v) is 18.2. The van der Waals surface area contributed by atoms with Crippen LogP contribution in [0.4, 0.5) is 0 Å². The Kier molecular flexibility index (Phi) is 5.68. The average Bonchev–Trinajstić information content (AvgIpc) is 3.21. The summed E-state index contributed by atoms with van der Waals surface area (Å²) in [6, 6.07) is 1.83. The number of carbonyl (C=O) groups excluding carboxylic acids is 1. The van der Waals surface area contributed by atoms with Crippen molar-refractivity contribution in [1.82, 2.24) is 25.5 Å². The van der Waals surface area contributed by atoms with Crippen LogP contribution in [0.1, 0.15) is 72.5 Å². The van der Waals surface area contributed by atoms with E-state index in [1.165, 1.54) is 75.0 Å². The Morgan fingerprint density at radius 2 is 2.03 bits per heavy atom. The molecule has 7 nitrogen and oxygen atoms in total. The maximum Gasteiger partial charge on any atom is 0.273 e. The first-order chi connectivity index (χ1) is 15.2. The number of unbranched alkanes of at least 4 members (excludes halogenated alkanes) is 1. The summed E-state index contributed by atoms with van der Waals surface area (Å²) in [5, 5.41) is 12.0. The van der Waals surface area contributed by atoms with Gasteiger partial charge < -0.3 is 9.88 Å². The van der Waals surface area contributed by atoms with Gasteiger partial charge in [0.2, 0.25) is 0 Å². The summed E-state index contributed by atoms with van der Waals surface area (Å²) in [6.07, 6.45) is 14.0. The molecule has 1 aliphatic carbocycles. The van der Waals surface area contributed by atoms with Crippen molar-refractivity contribution >= 4 is 17.7 Å². The monoisotopic (exact) mass is 418 g/mol. The Hall–Kier alpha value is -2.80. The first-order valence-corrected chi connectivity index (χ1v) is 11.5. The molecule has 7 heteroatoms. The predicted molar refractivity (Wildman–Crippen MR) is 121 cm³/mol. The largest absolute Gasteiger partial charge is 0.359 e. The SMILES string of the molecule is Cc1[nH]c(/C=C2/C(=O)NN=C2c2ccnnc2)c(C2CC2)c1CCCCN1CCCC1. The number of carbonyl (C=O) groups is 1. The first kappa shape index (κ1) is 20.1. The molecule has 0 atom stereocenters. The van der Waals surface area contributed by atoms with Gasteiger partial charge in [-0.25, -0.2) is 5.43 Å². The van der Waals surface area contributed by atoms with Crippen molar-refractivity contribution in [3.8, 4) is 0 Å². The molecule has 2 fully saturated rings. The first-order valence-electron chi connectivity index (χ1n) is 11.5. The van der Waals surface area contributed by atoms with Gasteiger partial charge in [-0.15, -0.1) is 0 Å². The Labute approximate surface area is 183 Å². The van der Waals surface area contributed by atoms with Crippen molar-refractivity contribution in [3.05, 3.63) is 52.1 Å². The minimum atomic E-state index is -0.173. The highest BCUT2D eigenvalue weighted by atomic mass is 16.2. The molecule has 2 aromatic heterocycles. The van der Waals surface area contributed by atoms with Gasteiger partial charge in [0, 0.05) is 17.0 Å². The van der Waals surface area contributed by atoms with E-state index in [1.54, 1.807) is 12.4 Å². The zero-order chi connectivity index (χ0) is 21.2. The molecule has 1 saturated heterocycles. The molecule has 3 aliphatic rings. The van der Waals surface area contributed by atoms with Gasteiger partial charge in [-0.2, -0.15) is 15.3 Å². The fourth-order valence-electron chi connectivity index (χ4n) is 4.89. The number of hydrogen-bond donors (Lipinski definition) is 2. The van der Waals surface area contributed by atoms with Crippen molar-refractivity contribution < 1.29 is 4.79 Å². The molecule has 0 radical (unpaired) electrons. The van der Waals surface area contributed by atoms with Gasteiger partial charge >= 0.3 is 0 Å². The van der Waals surface area contributed by atoms with Crippen LogP contribution in [0.2, 0.25) is 0 Å². The normalized spacial score (nSPS) is 20.5. The van der Waals surface area contributed by atoms with E-state index in [2.05, 4.69) is 37.5 Å². The molecule has 4 heterocycles. The second-order valence-electron chi connectivity index (χ2n) is 8.93. The smallest absolute Gasteiger partial charge is 0.273 e. The topological polar surface area (TPSA) is 86.3 Å². The van der Waals surface area contributed by atoms with Gasteiger partial charge in [0.25, 0.3) is 5.91 Å². The summed E-state index contributed by atoms with van der Waals surface area (Å²) in [6.45, 7) is 5.93. The summed E-state index contributed by atoms with van der Waals surface area (Å²) in [5.74, 6) is 0.436. The van der Waals surface area contributed by atoms with E-state index in [0.29, 0.717) is 17.2 Å². The number of amides is 1. The number of aromatic amines is 1. The number of nitrogens with one attached hydrogen (secondary N) is 2. The minimum Gasteiger partial charge on any atom is -0.359 e. The lowest BCUT2D eigenvalue weighted by atomic mass is 9.97.